The first-order valence-electron chi connectivity index (χ1n) is 3.82. The van der Waals surface area contributed by atoms with Crippen LogP contribution in [-0.2, 0) is 0 Å². The van der Waals surface area contributed by atoms with Gasteiger partial charge in [0.25, 0.3) is 0 Å². The van der Waals surface area contributed by atoms with Gasteiger partial charge in [-0.05, 0) is 34.1 Å². The zero-order chi connectivity index (χ0) is 9.26. The first-order chi connectivity index (χ1) is 6.27. The molecule has 4 heteroatoms. The van der Waals surface area contributed by atoms with Crippen molar-refractivity contribution < 1.29 is 0 Å². The second-order valence-corrected chi connectivity index (χ2v) is 3.52. The van der Waals surface area contributed by atoms with Gasteiger partial charge < -0.3 is 10.3 Å². The number of nitrogen functional groups attached to an aromatic ring is 1. The Kier molecular flexibility index (Phi) is 2.06. The fourth-order valence-electron chi connectivity index (χ4n) is 1.11. The summed E-state index contributed by atoms with van der Waals surface area (Å²) in [4.78, 5) is 4.21. The number of aromatic nitrogens is 2. The molecule has 0 radical (unpaired) electrons. The second-order valence-electron chi connectivity index (χ2n) is 2.66. The molecule has 2 aromatic heterocycles. The average Bonchev–Trinajstić information content (AvgIpc) is 2.56. The van der Waals surface area contributed by atoms with Crippen molar-refractivity contribution in [2.45, 2.75) is 0 Å². The number of pyridine rings is 1. The van der Waals surface area contributed by atoms with E-state index in [1.54, 1.807) is 6.20 Å². The van der Waals surface area contributed by atoms with E-state index >= 15 is 0 Å². The third kappa shape index (κ3) is 1.58. The SMILES string of the molecule is Nc1cnc(-n2cccc2)c(Br)c1. The lowest BCUT2D eigenvalue weighted by atomic mass is 10.4. The van der Waals surface area contributed by atoms with E-state index in [2.05, 4.69) is 20.9 Å². The van der Waals surface area contributed by atoms with Gasteiger partial charge in [-0.2, -0.15) is 0 Å². The Labute approximate surface area is 84.3 Å². The molecule has 0 saturated heterocycles. The third-order valence-electron chi connectivity index (χ3n) is 1.69. The first kappa shape index (κ1) is 8.31. The van der Waals surface area contributed by atoms with E-state index in [0.717, 1.165) is 10.3 Å². The highest BCUT2D eigenvalue weighted by Crippen LogP contribution is 2.20. The Balaban J connectivity index is 2.53. The van der Waals surface area contributed by atoms with Crippen LogP contribution in [0, 0.1) is 0 Å². The summed E-state index contributed by atoms with van der Waals surface area (Å²) < 4.78 is 2.81. The molecular weight excluding hydrogens is 230 g/mol. The Morgan fingerprint density at radius 1 is 1.31 bits per heavy atom. The molecule has 3 nitrogen and oxygen atoms in total. The quantitative estimate of drug-likeness (QED) is 0.827. The van der Waals surface area contributed by atoms with E-state index < -0.39 is 0 Å². The van der Waals surface area contributed by atoms with E-state index in [9.17, 15) is 0 Å². The monoisotopic (exact) mass is 237 g/mol. The van der Waals surface area contributed by atoms with Crippen LogP contribution in [0.5, 0.6) is 0 Å². The van der Waals surface area contributed by atoms with Gasteiger partial charge in [0.2, 0.25) is 0 Å². The van der Waals surface area contributed by atoms with Crippen LogP contribution in [0.15, 0.2) is 41.3 Å². The molecule has 2 rings (SSSR count). The molecular formula is C9H8BrN3. The molecule has 66 valence electrons. The summed E-state index contributed by atoms with van der Waals surface area (Å²) in [5, 5.41) is 0. The van der Waals surface area contributed by atoms with Gasteiger partial charge in [-0.15, -0.1) is 0 Å². The Morgan fingerprint density at radius 3 is 2.62 bits per heavy atom. The van der Waals surface area contributed by atoms with Gasteiger partial charge in [-0.3, -0.25) is 0 Å². The third-order valence-corrected chi connectivity index (χ3v) is 2.28. The van der Waals surface area contributed by atoms with Crippen molar-refractivity contribution in [2.24, 2.45) is 0 Å². The van der Waals surface area contributed by atoms with Crippen molar-refractivity contribution in [2.75, 3.05) is 5.73 Å². The average molecular weight is 238 g/mol. The van der Waals surface area contributed by atoms with Gasteiger partial charge in [-0.25, -0.2) is 4.98 Å². The van der Waals surface area contributed by atoms with Crippen LogP contribution in [0.2, 0.25) is 0 Å². The molecule has 13 heavy (non-hydrogen) atoms. The normalized spacial score (nSPS) is 10.2. The molecule has 0 saturated carbocycles. The lowest BCUT2D eigenvalue weighted by molar-refractivity contribution is 1.000. The van der Waals surface area contributed by atoms with Crippen LogP contribution in [0.4, 0.5) is 5.69 Å². The molecule has 0 aliphatic carbocycles. The number of nitrogens with zero attached hydrogens (tertiary/aromatic N) is 2. The number of anilines is 1. The van der Waals surface area contributed by atoms with Crippen LogP contribution in [0.25, 0.3) is 5.82 Å². The second kappa shape index (κ2) is 3.22. The van der Waals surface area contributed by atoms with Gasteiger partial charge in [0.15, 0.2) is 5.82 Å². The predicted molar refractivity (Wildman–Crippen MR) is 55.7 cm³/mol. The van der Waals surface area contributed by atoms with Crippen LogP contribution in [-0.4, -0.2) is 9.55 Å². The number of nitrogens with two attached hydrogens (primary N) is 1. The standard InChI is InChI=1S/C9H8BrN3/c10-8-5-7(11)6-12-9(8)13-3-1-2-4-13/h1-6H,11H2. The van der Waals surface area contributed by atoms with Gasteiger partial charge in [0, 0.05) is 12.4 Å². The molecule has 0 fully saturated rings. The maximum Gasteiger partial charge on any atom is 0.151 e. The molecule has 2 heterocycles. The lowest BCUT2D eigenvalue weighted by Gasteiger charge is -2.04. The van der Waals surface area contributed by atoms with E-state index in [0.29, 0.717) is 5.69 Å². The number of hydrogen-bond donors (Lipinski definition) is 1. The predicted octanol–water partition coefficient (Wildman–Crippen LogP) is 2.22. The van der Waals surface area contributed by atoms with Crippen LogP contribution >= 0.6 is 15.9 Å². The van der Waals surface area contributed by atoms with E-state index in [-0.39, 0.29) is 0 Å². The lowest BCUT2D eigenvalue weighted by Crippen LogP contribution is -1.96. The molecule has 0 spiro atoms. The summed E-state index contributed by atoms with van der Waals surface area (Å²) in [5.74, 6) is 0.846. The van der Waals surface area contributed by atoms with Gasteiger partial charge in [0.1, 0.15) is 0 Å². The molecule has 2 aromatic rings. The Hall–Kier alpha value is -1.29. The van der Waals surface area contributed by atoms with Crippen molar-refractivity contribution in [3.05, 3.63) is 41.3 Å². The summed E-state index contributed by atoms with van der Waals surface area (Å²) in [5.41, 5.74) is 6.23. The van der Waals surface area contributed by atoms with Crippen LogP contribution in [0.1, 0.15) is 0 Å². The van der Waals surface area contributed by atoms with Gasteiger partial charge in [0.05, 0.1) is 16.4 Å². The van der Waals surface area contributed by atoms with Crippen molar-refractivity contribution in [3.8, 4) is 5.82 Å². The van der Waals surface area contributed by atoms with Crippen molar-refractivity contribution >= 4 is 21.6 Å². The molecule has 0 bridgehead atoms. The van der Waals surface area contributed by atoms with E-state index in [1.165, 1.54) is 0 Å². The minimum Gasteiger partial charge on any atom is -0.397 e. The van der Waals surface area contributed by atoms with E-state index in [4.69, 9.17) is 5.73 Å². The molecule has 0 aliphatic heterocycles. The van der Waals surface area contributed by atoms with Gasteiger partial charge in [-0.1, -0.05) is 0 Å². The first-order valence-corrected chi connectivity index (χ1v) is 4.61. The fraction of sp³-hybridized carbons (Fsp3) is 0. The molecule has 0 atom stereocenters. The maximum absolute atomic E-state index is 5.58. The topological polar surface area (TPSA) is 43.8 Å². The highest BCUT2D eigenvalue weighted by molar-refractivity contribution is 9.10. The zero-order valence-electron chi connectivity index (χ0n) is 6.81. The van der Waals surface area contributed by atoms with Gasteiger partial charge >= 0.3 is 0 Å². The minimum absolute atomic E-state index is 0.655. The zero-order valence-corrected chi connectivity index (χ0v) is 8.40. The molecule has 0 amide bonds. The highest BCUT2D eigenvalue weighted by Gasteiger charge is 2.02. The van der Waals surface area contributed by atoms with Crippen LogP contribution in [0.3, 0.4) is 0 Å². The Morgan fingerprint density at radius 2 is 2.00 bits per heavy atom. The summed E-state index contributed by atoms with van der Waals surface area (Å²) in [6, 6.07) is 5.73. The van der Waals surface area contributed by atoms with Crippen molar-refractivity contribution in [1.29, 1.82) is 0 Å². The highest BCUT2D eigenvalue weighted by atomic mass is 79.9. The Bertz CT molecular complexity index is 409. The molecule has 0 unspecified atom stereocenters. The molecule has 0 aromatic carbocycles. The summed E-state index contributed by atoms with van der Waals surface area (Å²) in [7, 11) is 0. The largest absolute Gasteiger partial charge is 0.397 e. The maximum atomic E-state index is 5.58. The summed E-state index contributed by atoms with van der Waals surface area (Å²) in [6.45, 7) is 0. The minimum atomic E-state index is 0.655. The fourth-order valence-corrected chi connectivity index (χ4v) is 1.68. The van der Waals surface area contributed by atoms with Crippen molar-refractivity contribution in [3.63, 3.8) is 0 Å². The van der Waals surface area contributed by atoms with E-state index in [1.807, 2.05) is 35.2 Å². The summed E-state index contributed by atoms with van der Waals surface area (Å²) >= 11 is 3.41. The number of hydrogen-bond acceptors (Lipinski definition) is 2. The number of halogens is 1. The van der Waals surface area contributed by atoms with Crippen LogP contribution < -0.4 is 5.73 Å². The van der Waals surface area contributed by atoms with Crippen molar-refractivity contribution in [1.82, 2.24) is 9.55 Å². The smallest absolute Gasteiger partial charge is 0.151 e. The summed E-state index contributed by atoms with van der Waals surface area (Å²) in [6.07, 6.45) is 5.51. The molecule has 2 N–H and O–H groups in total. The number of rotatable bonds is 1. The molecule has 0 aliphatic rings.